The summed E-state index contributed by atoms with van der Waals surface area (Å²) in [6, 6.07) is 24.0. The van der Waals surface area contributed by atoms with Crippen LogP contribution in [0.4, 0.5) is 0 Å². The number of aromatic hydroxyl groups is 1. The second-order valence-electron chi connectivity index (χ2n) is 12.3. The predicted octanol–water partition coefficient (Wildman–Crippen LogP) is 9.04. The van der Waals surface area contributed by atoms with Gasteiger partial charge in [0.25, 0.3) is 0 Å². The SMILES string of the molecule is CC1=C(Cc2cc(OCc3ccccc3)c(OCc3ccccc3)cc2O)[C@@]2(C)CCCC(C)(C)[C@@H]2CC1. The average molecular weight is 511 g/mol. The summed E-state index contributed by atoms with van der Waals surface area (Å²) in [5, 5.41) is 11.2. The molecular weight excluding hydrogens is 468 g/mol. The first-order valence-corrected chi connectivity index (χ1v) is 14.1. The molecule has 1 saturated carbocycles. The molecule has 1 N–H and O–H groups in total. The molecule has 2 atom stereocenters. The number of fused-ring (bicyclic) bond motifs is 1. The number of hydrogen-bond acceptors (Lipinski definition) is 3. The van der Waals surface area contributed by atoms with Gasteiger partial charge in [-0.1, -0.05) is 99.0 Å². The summed E-state index contributed by atoms with van der Waals surface area (Å²) in [5.74, 6) is 2.20. The van der Waals surface area contributed by atoms with Crippen LogP contribution in [-0.2, 0) is 19.6 Å². The van der Waals surface area contributed by atoms with Crippen molar-refractivity contribution in [3.8, 4) is 17.2 Å². The molecule has 3 aromatic rings. The van der Waals surface area contributed by atoms with Crippen molar-refractivity contribution in [2.24, 2.45) is 16.7 Å². The van der Waals surface area contributed by atoms with Gasteiger partial charge >= 0.3 is 0 Å². The van der Waals surface area contributed by atoms with Gasteiger partial charge in [0.05, 0.1) is 0 Å². The van der Waals surface area contributed by atoms with E-state index in [1.807, 2.05) is 54.6 Å². The number of hydrogen-bond donors (Lipinski definition) is 1. The van der Waals surface area contributed by atoms with Gasteiger partial charge in [-0.05, 0) is 73.0 Å². The summed E-state index contributed by atoms with van der Waals surface area (Å²) >= 11 is 0. The second kappa shape index (κ2) is 10.9. The molecule has 3 nitrogen and oxygen atoms in total. The zero-order valence-electron chi connectivity index (χ0n) is 23.4. The van der Waals surface area contributed by atoms with Crippen molar-refractivity contribution in [1.29, 1.82) is 0 Å². The molecule has 0 unspecified atom stereocenters. The first-order chi connectivity index (χ1) is 18.3. The molecule has 38 heavy (non-hydrogen) atoms. The molecule has 0 bridgehead atoms. The lowest BCUT2D eigenvalue weighted by atomic mass is 9.50. The van der Waals surface area contributed by atoms with Crippen molar-refractivity contribution >= 4 is 0 Å². The monoisotopic (exact) mass is 510 g/mol. The van der Waals surface area contributed by atoms with Crippen LogP contribution in [0.25, 0.3) is 0 Å². The molecule has 1 fully saturated rings. The molecule has 200 valence electrons. The molecule has 2 aliphatic carbocycles. The van der Waals surface area contributed by atoms with E-state index >= 15 is 0 Å². The third-order valence-electron chi connectivity index (χ3n) is 9.23. The minimum Gasteiger partial charge on any atom is -0.508 e. The van der Waals surface area contributed by atoms with Crippen LogP contribution in [-0.4, -0.2) is 5.11 Å². The Kier molecular flexibility index (Phi) is 7.56. The Hall–Kier alpha value is -3.20. The summed E-state index contributed by atoms with van der Waals surface area (Å²) < 4.78 is 12.5. The molecule has 0 amide bonds. The van der Waals surface area contributed by atoms with Crippen LogP contribution < -0.4 is 9.47 Å². The Balaban J connectivity index is 1.45. The molecule has 0 heterocycles. The van der Waals surface area contributed by atoms with Crippen molar-refractivity contribution in [3.05, 3.63) is 101 Å². The zero-order valence-corrected chi connectivity index (χ0v) is 23.4. The summed E-state index contributed by atoms with van der Waals surface area (Å²) in [7, 11) is 0. The lowest BCUT2D eigenvalue weighted by Crippen LogP contribution is -2.45. The van der Waals surface area contributed by atoms with E-state index in [0.29, 0.717) is 36.0 Å². The quantitative estimate of drug-likeness (QED) is 0.307. The van der Waals surface area contributed by atoms with Gasteiger partial charge in [-0.3, -0.25) is 0 Å². The average Bonchev–Trinajstić information content (AvgIpc) is 2.90. The van der Waals surface area contributed by atoms with Crippen LogP contribution in [0.15, 0.2) is 83.9 Å². The maximum Gasteiger partial charge on any atom is 0.165 e. The Bertz CT molecular complexity index is 1280. The minimum absolute atomic E-state index is 0.171. The van der Waals surface area contributed by atoms with E-state index in [-0.39, 0.29) is 11.2 Å². The van der Waals surface area contributed by atoms with Gasteiger partial charge in [0, 0.05) is 11.6 Å². The molecule has 2 aliphatic rings. The number of allylic oxidation sites excluding steroid dienone is 2. The highest BCUT2D eigenvalue weighted by Crippen LogP contribution is 2.60. The molecule has 0 aromatic heterocycles. The summed E-state index contributed by atoms with van der Waals surface area (Å²) in [6.45, 7) is 10.6. The van der Waals surface area contributed by atoms with Crippen LogP contribution >= 0.6 is 0 Å². The normalized spacial score (nSPS) is 22.6. The van der Waals surface area contributed by atoms with Crippen molar-refractivity contribution in [2.75, 3.05) is 0 Å². The highest BCUT2D eigenvalue weighted by atomic mass is 16.5. The lowest BCUT2D eigenvalue weighted by Gasteiger charge is -2.55. The van der Waals surface area contributed by atoms with E-state index in [1.165, 1.54) is 36.8 Å². The lowest BCUT2D eigenvalue weighted by molar-refractivity contribution is 0.0112. The highest BCUT2D eigenvalue weighted by Gasteiger charge is 2.50. The van der Waals surface area contributed by atoms with Gasteiger partial charge in [0.1, 0.15) is 19.0 Å². The Morgan fingerprint density at radius 1 is 0.816 bits per heavy atom. The molecule has 0 aliphatic heterocycles. The molecule has 3 heteroatoms. The fourth-order valence-corrected chi connectivity index (χ4v) is 7.16. The van der Waals surface area contributed by atoms with Crippen molar-refractivity contribution in [3.63, 3.8) is 0 Å². The van der Waals surface area contributed by atoms with Gasteiger partial charge in [0.15, 0.2) is 11.5 Å². The predicted molar refractivity (Wildman–Crippen MR) is 155 cm³/mol. The topological polar surface area (TPSA) is 38.7 Å². The van der Waals surface area contributed by atoms with E-state index in [0.717, 1.165) is 29.5 Å². The van der Waals surface area contributed by atoms with Gasteiger partial charge in [0.2, 0.25) is 0 Å². The fraction of sp³-hybridized carbons (Fsp3) is 0.429. The molecular formula is C35H42O3. The Morgan fingerprint density at radius 3 is 2.00 bits per heavy atom. The van der Waals surface area contributed by atoms with Crippen LogP contribution in [0.3, 0.4) is 0 Å². The summed E-state index contributed by atoms with van der Waals surface area (Å²) in [6.07, 6.45) is 6.96. The van der Waals surface area contributed by atoms with Gasteiger partial charge in [-0.2, -0.15) is 0 Å². The molecule has 5 rings (SSSR count). The van der Waals surface area contributed by atoms with Crippen LogP contribution in [0.5, 0.6) is 17.2 Å². The maximum absolute atomic E-state index is 11.2. The molecule has 3 aromatic carbocycles. The molecule has 0 spiro atoms. The van der Waals surface area contributed by atoms with E-state index in [9.17, 15) is 5.11 Å². The van der Waals surface area contributed by atoms with Crippen LogP contribution in [0.2, 0.25) is 0 Å². The van der Waals surface area contributed by atoms with Crippen molar-refractivity contribution < 1.29 is 14.6 Å². The second-order valence-corrected chi connectivity index (χ2v) is 12.3. The van der Waals surface area contributed by atoms with Gasteiger partial charge in [-0.15, -0.1) is 0 Å². The molecule has 0 saturated heterocycles. The number of ether oxygens (including phenoxy) is 2. The number of phenols is 1. The highest BCUT2D eigenvalue weighted by molar-refractivity contribution is 5.52. The summed E-state index contributed by atoms with van der Waals surface area (Å²) in [4.78, 5) is 0. The van der Waals surface area contributed by atoms with E-state index in [1.54, 1.807) is 6.07 Å². The van der Waals surface area contributed by atoms with E-state index in [2.05, 4.69) is 39.8 Å². The maximum atomic E-state index is 11.2. The third kappa shape index (κ3) is 5.48. The van der Waals surface area contributed by atoms with Crippen LogP contribution in [0, 0.1) is 16.7 Å². The number of benzene rings is 3. The Morgan fingerprint density at radius 2 is 1.39 bits per heavy atom. The summed E-state index contributed by atoms with van der Waals surface area (Å²) in [5.41, 5.74) is 6.62. The Labute approximate surface area is 228 Å². The van der Waals surface area contributed by atoms with E-state index < -0.39 is 0 Å². The number of rotatable bonds is 8. The third-order valence-corrected chi connectivity index (χ3v) is 9.23. The minimum atomic E-state index is 0.171. The zero-order chi connectivity index (χ0) is 26.8. The first-order valence-electron chi connectivity index (χ1n) is 14.1. The molecule has 0 radical (unpaired) electrons. The smallest absolute Gasteiger partial charge is 0.165 e. The fourth-order valence-electron chi connectivity index (χ4n) is 7.16. The first kappa shape index (κ1) is 26.4. The number of phenolic OH excluding ortho intramolecular Hbond substituents is 1. The standard InChI is InChI=1S/C35H42O3/c1-25-16-17-33-34(2,3)18-11-19-35(33,4)29(25)20-28-21-31(37-23-26-12-7-5-8-13-26)32(22-30(28)36)38-24-27-14-9-6-10-15-27/h5-10,12-15,21-22,33,36H,11,16-20,23-24H2,1-4H3/t33-,35+/m0/s1. The van der Waals surface area contributed by atoms with Crippen molar-refractivity contribution in [1.82, 2.24) is 0 Å². The van der Waals surface area contributed by atoms with Gasteiger partial charge in [-0.25, -0.2) is 0 Å². The van der Waals surface area contributed by atoms with E-state index in [4.69, 9.17) is 9.47 Å². The van der Waals surface area contributed by atoms with Crippen LogP contribution in [0.1, 0.15) is 76.5 Å². The largest absolute Gasteiger partial charge is 0.508 e. The van der Waals surface area contributed by atoms with Crippen molar-refractivity contribution in [2.45, 2.75) is 79.4 Å². The van der Waals surface area contributed by atoms with Gasteiger partial charge < -0.3 is 14.6 Å².